The molecule has 0 N–H and O–H groups in total. The third-order valence-corrected chi connectivity index (χ3v) is 3.36. The highest BCUT2D eigenvalue weighted by Gasteiger charge is 2.06. The van der Waals surface area contributed by atoms with Crippen LogP contribution < -0.4 is 14.2 Å². The van der Waals surface area contributed by atoms with Crippen molar-refractivity contribution in [2.75, 3.05) is 20.3 Å². The first-order chi connectivity index (χ1) is 12.2. The summed E-state index contributed by atoms with van der Waals surface area (Å²) in [6.45, 7) is 2.56. The van der Waals surface area contributed by atoms with Crippen LogP contribution in [0.5, 0.6) is 17.2 Å². The summed E-state index contributed by atoms with van der Waals surface area (Å²) in [7, 11) is 1.57. The van der Waals surface area contributed by atoms with E-state index < -0.39 is 0 Å². The average Bonchev–Trinajstić information content (AvgIpc) is 2.65. The summed E-state index contributed by atoms with van der Waals surface area (Å²) in [4.78, 5) is 12.3. The number of carbonyl (C=O) groups is 1. The monoisotopic (exact) mass is 336 g/mol. The van der Waals surface area contributed by atoms with E-state index in [1.165, 1.54) is 6.08 Å². The fraction of sp³-hybridized carbons (Fsp3) is 0.190. The van der Waals surface area contributed by atoms with Gasteiger partial charge in [-0.3, -0.25) is 4.79 Å². The third kappa shape index (κ3) is 5.15. The maximum Gasteiger partial charge on any atom is 0.185 e. The van der Waals surface area contributed by atoms with Gasteiger partial charge < -0.3 is 14.2 Å². The Morgan fingerprint density at radius 2 is 2.00 bits per heavy atom. The highest BCUT2D eigenvalue weighted by atomic mass is 16.5. The molecule has 25 heavy (non-hydrogen) atoms. The SMILES string of the molecule is C#CCOc1ccc(/C=C/C(=O)c2cccc(OC)c2)cc1OCC. The molecule has 4 heteroatoms. The molecule has 128 valence electrons. The molecule has 0 aromatic heterocycles. The third-order valence-electron chi connectivity index (χ3n) is 3.36. The molecule has 0 aliphatic carbocycles. The van der Waals surface area contributed by atoms with Crippen molar-refractivity contribution in [3.05, 3.63) is 59.7 Å². The van der Waals surface area contributed by atoms with Crippen LogP contribution in [0.15, 0.2) is 48.5 Å². The second-order valence-corrected chi connectivity index (χ2v) is 5.06. The molecule has 0 saturated carbocycles. The largest absolute Gasteiger partial charge is 0.497 e. The minimum Gasteiger partial charge on any atom is -0.497 e. The molecule has 0 unspecified atom stereocenters. The van der Waals surface area contributed by atoms with Crippen LogP contribution in [0.2, 0.25) is 0 Å². The Bertz CT molecular complexity index is 800. The summed E-state index contributed by atoms with van der Waals surface area (Å²) >= 11 is 0. The number of methoxy groups -OCH3 is 1. The van der Waals surface area contributed by atoms with E-state index in [-0.39, 0.29) is 12.4 Å². The average molecular weight is 336 g/mol. The highest BCUT2D eigenvalue weighted by Crippen LogP contribution is 2.29. The number of ketones is 1. The lowest BCUT2D eigenvalue weighted by molar-refractivity contribution is 0.104. The summed E-state index contributed by atoms with van der Waals surface area (Å²) in [5.74, 6) is 4.13. The van der Waals surface area contributed by atoms with Crippen LogP contribution in [-0.4, -0.2) is 26.1 Å². The molecule has 0 radical (unpaired) electrons. The normalized spacial score (nSPS) is 10.3. The fourth-order valence-electron chi connectivity index (χ4n) is 2.18. The molecule has 0 aliphatic heterocycles. The van der Waals surface area contributed by atoms with Gasteiger partial charge in [-0.1, -0.05) is 30.2 Å². The van der Waals surface area contributed by atoms with Crippen LogP contribution in [0.1, 0.15) is 22.8 Å². The smallest absolute Gasteiger partial charge is 0.185 e. The van der Waals surface area contributed by atoms with Gasteiger partial charge in [0.1, 0.15) is 12.4 Å². The zero-order chi connectivity index (χ0) is 18.1. The molecular weight excluding hydrogens is 316 g/mol. The van der Waals surface area contributed by atoms with Crippen molar-refractivity contribution >= 4 is 11.9 Å². The molecular formula is C21H20O4. The van der Waals surface area contributed by atoms with E-state index in [0.29, 0.717) is 29.4 Å². The lowest BCUT2D eigenvalue weighted by Gasteiger charge is -2.10. The van der Waals surface area contributed by atoms with Gasteiger partial charge in [0, 0.05) is 5.56 Å². The molecule has 0 atom stereocenters. The zero-order valence-electron chi connectivity index (χ0n) is 14.3. The predicted molar refractivity (Wildman–Crippen MR) is 98.3 cm³/mol. The molecule has 4 nitrogen and oxygen atoms in total. The van der Waals surface area contributed by atoms with Crippen molar-refractivity contribution in [2.45, 2.75) is 6.92 Å². The minimum absolute atomic E-state index is 0.107. The van der Waals surface area contributed by atoms with E-state index in [9.17, 15) is 4.79 Å². The molecule has 0 saturated heterocycles. The number of terminal acetylenes is 1. The van der Waals surface area contributed by atoms with E-state index in [1.54, 1.807) is 43.5 Å². The summed E-state index contributed by atoms with van der Waals surface area (Å²) in [6.07, 6.45) is 8.46. The lowest BCUT2D eigenvalue weighted by Crippen LogP contribution is -1.99. The summed E-state index contributed by atoms with van der Waals surface area (Å²) in [5, 5.41) is 0. The molecule has 2 aromatic rings. The molecule has 0 bridgehead atoms. The van der Waals surface area contributed by atoms with Gasteiger partial charge in [0.25, 0.3) is 0 Å². The molecule has 0 spiro atoms. The van der Waals surface area contributed by atoms with Crippen molar-refractivity contribution in [3.63, 3.8) is 0 Å². The van der Waals surface area contributed by atoms with Crippen LogP contribution in [0, 0.1) is 12.3 Å². The Balaban J connectivity index is 2.17. The van der Waals surface area contributed by atoms with Crippen molar-refractivity contribution < 1.29 is 19.0 Å². The first-order valence-corrected chi connectivity index (χ1v) is 7.87. The number of carbonyl (C=O) groups excluding carboxylic acids is 1. The maximum atomic E-state index is 12.3. The quantitative estimate of drug-likeness (QED) is 0.415. The topological polar surface area (TPSA) is 44.8 Å². The maximum absolute atomic E-state index is 12.3. The van der Waals surface area contributed by atoms with E-state index in [1.807, 2.05) is 19.1 Å². The zero-order valence-corrected chi connectivity index (χ0v) is 14.3. The fourth-order valence-corrected chi connectivity index (χ4v) is 2.18. The summed E-state index contributed by atoms with van der Waals surface area (Å²) in [6, 6.07) is 12.5. The van der Waals surface area contributed by atoms with Crippen LogP contribution in [-0.2, 0) is 0 Å². The van der Waals surface area contributed by atoms with Gasteiger partial charge in [-0.05, 0) is 42.8 Å². The van der Waals surface area contributed by atoms with Crippen LogP contribution in [0.3, 0.4) is 0 Å². The summed E-state index contributed by atoms with van der Waals surface area (Å²) in [5.41, 5.74) is 1.39. The number of rotatable bonds is 8. The Morgan fingerprint density at radius 1 is 1.16 bits per heavy atom. The first-order valence-electron chi connectivity index (χ1n) is 7.87. The predicted octanol–water partition coefficient (Wildman–Crippen LogP) is 4.00. The Labute approximate surface area is 148 Å². The van der Waals surface area contributed by atoms with Crippen LogP contribution >= 0.6 is 0 Å². The molecule has 0 fully saturated rings. The molecule has 0 amide bonds. The van der Waals surface area contributed by atoms with Crippen LogP contribution in [0.4, 0.5) is 0 Å². The van der Waals surface area contributed by atoms with Crippen molar-refractivity contribution in [1.82, 2.24) is 0 Å². The molecule has 2 aromatic carbocycles. The van der Waals surface area contributed by atoms with Gasteiger partial charge in [-0.15, -0.1) is 6.42 Å². The number of ether oxygens (including phenoxy) is 3. The lowest BCUT2D eigenvalue weighted by atomic mass is 10.1. The molecule has 0 heterocycles. The first kappa shape index (κ1) is 18.2. The number of hydrogen-bond acceptors (Lipinski definition) is 4. The van der Waals surface area contributed by atoms with Crippen LogP contribution in [0.25, 0.3) is 6.08 Å². The van der Waals surface area contributed by atoms with Gasteiger partial charge in [0.05, 0.1) is 13.7 Å². The number of allylic oxidation sites excluding steroid dienone is 1. The second kappa shape index (κ2) is 9.19. The highest BCUT2D eigenvalue weighted by molar-refractivity contribution is 6.07. The second-order valence-electron chi connectivity index (χ2n) is 5.06. The van der Waals surface area contributed by atoms with Gasteiger partial charge in [-0.25, -0.2) is 0 Å². The molecule has 2 rings (SSSR count). The Morgan fingerprint density at radius 3 is 2.72 bits per heavy atom. The number of hydrogen-bond donors (Lipinski definition) is 0. The van der Waals surface area contributed by atoms with Gasteiger partial charge in [0.15, 0.2) is 17.3 Å². The van der Waals surface area contributed by atoms with E-state index in [2.05, 4.69) is 5.92 Å². The van der Waals surface area contributed by atoms with E-state index >= 15 is 0 Å². The van der Waals surface area contributed by atoms with E-state index in [4.69, 9.17) is 20.6 Å². The van der Waals surface area contributed by atoms with Gasteiger partial charge in [-0.2, -0.15) is 0 Å². The van der Waals surface area contributed by atoms with Gasteiger partial charge >= 0.3 is 0 Å². The molecule has 0 aliphatic rings. The van der Waals surface area contributed by atoms with Crippen molar-refractivity contribution in [3.8, 4) is 29.6 Å². The minimum atomic E-state index is -0.107. The van der Waals surface area contributed by atoms with Gasteiger partial charge in [0.2, 0.25) is 0 Å². The standard InChI is InChI=1S/C21H20O4/c1-4-13-25-20-12-10-16(14-21(20)24-5-2)9-11-19(22)17-7-6-8-18(15-17)23-3/h1,6-12,14-15H,5,13H2,2-3H3/b11-9+. The van der Waals surface area contributed by atoms with Crippen molar-refractivity contribution in [2.24, 2.45) is 0 Å². The Hall–Kier alpha value is -3.19. The van der Waals surface area contributed by atoms with Crippen molar-refractivity contribution in [1.29, 1.82) is 0 Å². The summed E-state index contributed by atoms with van der Waals surface area (Å²) < 4.78 is 16.2. The number of benzene rings is 2. The van der Waals surface area contributed by atoms with E-state index in [0.717, 1.165) is 5.56 Å². The Kier molecular flexibility index (Phi) is 6.67.